The maximum Gasteiger partial charge on any atom is 0.376 e. The van der Waals surface area contributed by atoms with Crippen LogP contribution >= 0.6 is 0 Å². The predicted molar refractivity (Wildman–Crippen MR) is 67.5 cm³/mol. The van der Waals surface area contributed by atoms with Crippen LogP contribution in [0.15, 0.2) is 22.6 Å². The van der Waals surface area contributed by atoms with Gasteiger partial charge in [0.25, 0.3) is 6.43 Å². The molecule has 2 rings (SSSR count). The van der Waals surface area contributed by atoms with Gasteiger partial charge in [0.05, 0.1) is 12.2 Å². The Morgan fingerprint density at radius 2 is 2.14 bits per heavy atom. The summed E-state index contributed by atoms with van der Waals surface area (Å²) in [5, 5.41) is 0. The summed E-state index contributed by atoms with van der Waals surface area (Å²) >= 11 is 0. The molecule has 0 N–H and O–H groups in total. The van der Waals surface area contributed by atoms with Crippen LogP contribution in [-0.4, -0.2) is 17.6 Å². The predicted octanol–water partition coefficient (Wildman–Crippen LogP) is 3.90. The van der Waals surface area contributed by atoms with E-state index in [0.717, 1.165) is 0 Å². The molecule has 7 heteroatoms. The monoisotopic (exact) mass is 299 g/mol. The van der Waals surface area contributed by atoms with Gasteiger partial charge in [0, 0.05) is 0 Å². The van der Waals surface area contributed by atoms with Crippen molar-refractivity contribution in [1.82, 2.24) is 4.98 Å². The van der Waals surface area contributed by atoms with Crippen LogP contribution in [0.3, 0.4) is 0 Å². The third kappa shape index (κ3) is 3.07. The number of carbonyl (C=O) groups is 1. The summed E-state index contributed by atoms with van der Waals surface area (Å²) in [5.41, 5.74) is -0.302. The van der Waals surface area contributed by atoms with Crippen LogP contribution in [0.5, 0.6) is 0 Å². The molecule has 0 bridgehead atoms. The minimum Gasteiger partial charge on any atom is -0.460 e. The van der Waals surface area contributed by atoms with Gasteiger partial charge in [-0.25, -0.2) is 22.9 Å². The van der Waals surface area contributed by atoms with Crippen LogP contribution < -0.4 is 0 Å². The molecule has 21 heavy (non-hydrogen) atoms. The van der Waals surface area contributed by atoms with Crippen LogP contribution in [0.4, 0.5) is 13.2 Å². The van der Waals surface area contributed by atoms with E-state index in [-0.39, 0.29) is 18.1 Å². The molecule has 4 nitrogen and oxygen atoms in total. The second kappa shape index (κ2) is 5.99. The lowest BCUT2D eigenvalue weighted by Gasteiger charge is -2.00. The topological polar surface area (TPSA) is 52.3 Å². The zero-order chi connectivity index (χ0) is 15.6. The molecule has 1 aromatic carbocycles. The zero-order valence-electron chi connectivity index (χ0n) is 11.3. The highest BCUT2D eigenvalue weighted by Gasteiger charge is 2.28. The molecule has 2 aromatic rings. The van der Waals surface area contributed by atoms with E-state index in [2.05, 4.69) is 9.72 Å². The number of carbonyl (C=O) groups excluding carboxylic acids is 1. The van der Waals surface area contributed by atoms with Crippen LogP contribution in [0.2, 0.25) is 0 Å². The highest BCUT2D eigenvalue weighted by atomic mass is 19.3. The van der Waals surface area contributed by atoms with Gasteiger partial charge < -0.3 is 9.15 Å². The van der Waals surface area contributed by atoms with Crippen molar-refractivity contribution in [2.24, 2.45) is 0 Å². The molecule has 0 fully saturated rings. The van der Waals surface area contributed by atoms with E-state index >= 15 is 0 Å². The maximum absolute atomic E-state index is 13.8. The van der Waals surface area contributed by atoms with Gasteiger partial charge in [-0.15, -0.1) is 0 Å². The summed E-state index contributed by atoms with van der Waals surface area (Å²) in [4.78, 5) is 15.1. The van der Waals surface area contributed by atoms with E-state index in [4.69, 9.17) is 4.42 Å². The number of nitrogens with zero attached hydrogens (tertiary/aromatic N) is 1. The third-order valence-corrected chi connectivity index (χ3v) is 2.68. The number of hydrogen-bond acceptors (Lipinski definition) is 4. The van der Waals surface area contributed by atoms with E-state index < -0.39 is 29.7 Å². The van der Waals surface area contributed by atoms with Gasteiger partial charge in [-0.1, -0.05) is 6.07 Å². The molecular weight excluding hydrogens is 287 g/mol. The Bertz CT molecular complexity index is 667. The minimum absolute atomic E-state index is 0.00353. The molecule has 0 aliphatic heterocycles. The van der Waals surface area contributed by atoms with Gasteiger partial charge in [-0.05, 0) is 31.5 Å². The fourth-order valence-electron chi connectivity index (χ4n) is 1.73. The first-order valence-corrected chi connectivity index (χ1v) is 6.16. The Morgan fingerprint density at radius 3 is 2.71 bits per heavy atom. The third-order valence-electron chi connectivity index (χ3n) is 2.68. The zero-order valence-corrected chi connectivity index (χ0v) is 11.3. The highest BCUT2D eigenvalue weighted by Crippen LogP contribution is 2.30. The van der Waals surface area contributed by atoms with E-state index in [0.29, 0.717) is 5.56 Å². The molecule has 1 aromatic heterocycles. The van der Waals surface area contributed by atoms with Crippen molar-refractivity contribution in [3.8, 4) is 11.5 Å². The molecule has 112 valence electrons. The molecule has 0 radical (unpaired) electrons. The van der Waals surface area contributed by atoms with E-state index in [9.17, 15) is 18.0 Å². The first-order chi connectivity index (χ1) is 9.93. The molecule has 1 heterocycles. The molecule has 0 spiro atoms. The number of alkyl halides is 2. The lowest BCUT2D eigenvalue weighted by Crippen LogP contribution is -2.06. The molecular formula is C14H12F3NO3. The van der Waals surface area contributed by atoms with Gasteiger partial charge in [0.15, 0.2) is 5.69 Å². The largest absolute Gasteiger partial charge is 0.460 e. The number of hydrogen-bond donors (Lipinski definition) is 0. The number of aromatic nitrogens is 1. The summed E-state index contributed by atoms with van der Waals surface area (Å²) in [5.74, 6) is -2.82. The van der Waals surface area contributed by atoms with E-state index in [1.807, 2.05) is 0 Å². The quantitative estimate of drug-likeness (QED) is 0.803. The van der Waals surface area contributed by atoms with Crippen molar-refractivity contribution in [2.45, 2.75) is 20.3 Å². The number of benzene rings is 1. The SMILES string of the molecule is CCOC(=O)c1oc(-c2ccc(C)cc2F)nc1C(F)F. The maximum atomic E-state index is 13.8. The van der Waals surface area contributed by atoms with Gasteiger partial charge >= 0.3 is 5.97 Å². The van der Waals surface area contributed by atoms with Crippen molar-refractivity contribution < 1.29 is 27.1 Å². The highest BCUT2D eigenvalue weighted by molar-refractivity contribution is 5.88. The lowest BCUT2D eigenvalue weighted by atomic mass is 10.1. The normalized spacial score (nSPS) is 11.0. The van der Waals surface area contributed by atoms with Crippen molar-refractivity contribution >= 4 is 5.97 Å². The van der Waals surface area contributed by atoms with E-state index in [1.165, 1.54) is 19.1 Å². The number of halogens is 3. The number of ether oxygens (including phenoxy) is 1. The number of oxazole rings is 1. The molecule has 0 saturated carbocycles. The summed E-state index contributed by atoms with van der Waals surface area (Å²) in [7, 11) is 0. The second-order valence-electron chi connectivity index (χ2n) is 4.24. The lowest BCUT2D eigenvalue weighted by molar-refractivity contribution is 0.0476. The summed E-state index contributed by atoms with van der Waals surface area (Å²) in [6.45, 7) is 3.20. The van der Waals surface area contributed by atoms with Gasteiger partial charge in [-0.3, -0.25) is 0 Å². The van der Waals surface area contributed by atoms with Gasteiger partial charge in [-0.2, -0.15) is 0 Å². The molecule has 0 aliphatic carbocycles. The van der Waals surface area contributed by atoms with Crippen molar-refractivity contribution in [3.63, 3.8) is 0 Å². The summed E-state index contributed by atoms with van der Waals surface area (Å²) in [6.07, 6.45) is -3.03. The summed E-state index contributed by atoms with van der Waals surface area (Å²) < 4.78 is 49.2. The number of aryl methyl sites for hydroxylation is 1. The standard InChI is InChI=1S/C14H12F3NO3/c1-3-20-14(19)11-10(12(16)17)18-13(21-11)8-5-4-7(2)6-9(8)15/h4-6,12H,3H2,1-2H3. The fraction of sp³-hybridized carbons (Fsp3) is 0.286. The molecule has 0 aliphatic rings. The van der Waals surface area contributed by atoms with Crippen LogP contribution in [0.25, 0.3) is 11.5 Å². The smallest absolute Gasteiger partial charge is 0.376 e. The van der Waals surface area contributed by atoms with Crippen molar-refractivity contribution in [2.75, 3.05) is 6.61 Å². The Morgan fingerprint density at radius 1 is 1.43 bits per heavy atom. The summed E-state index contributed by atoms with van der Waals surface area (Å²) in [6, 6.07) is 4.14. The van der Waals surface area contributed by atoms with Crippen LogP contribution in [0, 0.1) is 12.7 Å². The van der Waals surface area contributed by atoms with Crippen LogP contribution in [-0.2, 0) is 4.74 Å². The molecule has 0 atom stereocenters. The minimum atomic E-state index is -3.03. The Hall–Kier alpha value is -2.31. The molecule has 0 saturated heterocycles. The Labute approximate surface area is 118 Å². The number of esters is 1. The average molecular weight is 299 g/mol. The molecule has 0 amide bonds. The second-order valence-corrected chi connectivity index (χ2v) is 4.24. The van der Waals surface area contributed by atoms with Crippen LogP contribution in [0.1, 0.15) is 35.2 Å². The van der Waals surface area contributed by atoms with E-state index in [1.54, 1.807) is 13.0 Å². The Balaban J connectivity index is 2.51. The van der Waals surface area contributed by atoms with Gasteiger partial charge in [0.2, 0.25) is 11.7 Å². The average Bonchev–Trinajstić information content (AvgIpc) is 2.84. The first-order valence-electron chi connectivity index (χ1n) is 6.16. The van der Waals surface area contributed by atoms with Crippen molar-refractivity contribution in [1.29, 1.82) is 0 Å². The fourth-order valence-corrected chi connectivity index (χ4v) is 1.73. The first kappa shape index (κ1) is 15.1. The Kier molecular flexibility index (Phi) is 4.30. The number of rotatable bonds is 4. The molecule has 0 unspecified atom stereocenters. The van der Waals surface area contributed by atoms with Gasteiger partial charge in [0.1, 0.15) is 5.82 Å². The van der Waals surface area contributed by atoms with Crippen molar-refractivity contribution in [3.05, 3.63) is 41.0 Å².